The second-order valence-electron chi connectivity index (χ2n) is 18.6. The van der Waals surface area contributed by atoms with Crippen LogP contribution < -0.4 is 10.4 Å². The standard InChI is InChI=1S/C60H44BNO2/c1-59(2)60(3,4)64-61(63-59)51-33-31-42-48-36-50-49(35-47(48)41-27-17-28-43(51)55(41)42)53(37-19-9-5-10-20-37)57-45-30-18-29-44-52(62(39-23-13-7-14-24-39)40-25-15-8-16-26-40)34-32-46(56(44)45)58(57)54(50)38-21-11-6-12-22-38/h5-36H,1-4H3. The maximum atomic E-state index is 6.67. The lowest BCUT2D eigenvalue weighted by atomic mass is 9.75. The van der Waals surface area contributed by atoms with E-state index >= 15 is 0 Å². The van der Waals surface area contributed by atoms with Gasteiger partial charge in [0.1, 0.15) is 0 Å². The van der Waals surface area contributed by atoms with Crippen LogP contribution >= 0.6 is 0 Å². The molecule has 1 aliphatic rings. The Morgan fingerprint density at radius 3 is 1.31 bits per heavy atom. The first-order valence-electron chi connectivity index (χ1n) is 22.4. The molecule has 0 bridgehead atoms. The summed E-state index contributed by atoms with van der Waals surface area (Å²) in [6.45, 7) is 8.51. The molecule has 0 saturated carbocycles. The number of benzene rings is 10. The summed E-state index contributed by atoms with van der Waals surface area (Å²) < 4.78 is 13.3. The molecule has 1 fully saturated rings. The van der Waals surface area contributed by atoms with Crippen molar-refractivity contribution in [1.82, 2.24) is 0 Å². The van der Waals surface area contributed by atoms with Crippen LogP contribution in [0.4, 0.5) is 17.1 Å². The van der Waals surface area contributed by atoms with E-state index in [2.05, 4.69) is 227 Å². The number of hydrogen-bond donors (Lipinski definition) is 0. The van der Waals surface area contributed by atoms with Crippen LogP contribution in [0.2, 0.25) is 0 Å². The first-order valence-corrected chi connectivity index (χ1v) is 22.4. The van der Waals surface area contributed by atoms with Gasteiger partial charge in [-0.05, 0) is 168 Å². The largest absolute Gasteiger partial charge is 0.495 e. The Labute approximate surface area is 372 Å². The Bertz CT molecular complexity index is 3600. The van der Waals surface area contributed by atoms with Crippen LogP contribution in [-0.2, 0) is 9.31 Å². The van der Waals surface area contributed by atoms with Gasteiger partial charge in [0, 0.05) is 16.8 Å². The lowest BCUT2D eigenvalue weighted by Gasteiger charge is -2.32. The van der Waals surface area contributed by atoms with Crippen molar-refractivity contribution >= 4 is 105 Å². The van der Waals surface area contributed by atoms with E-state index in [0.717, 1.165) is 22.5 Å². The molecule has 1 aliphatic heterocycles. The first-order chi connectivity index (χ1) is 31.3. The third kappa shape index (κ3) is 5.24. The Hall–Kier alpha value is -7.24. The number of rotatable bonds is 6. The van der Waals surface area contributed by atoms with Crippen LogP contribution in [0.25, 0.3) is 97.7 Å². The van der Waals surface area contributed by atoms with E-state index in [-0.39, 0.29) is 0 Å². The highest BCUT2D eigenvalue weighted by Crippen LogP contribution is 2.54. The maximum Gasteiger partial charge on any atom is 0.495 e. The third-order valence-electron chi connectivity index (χ3n) is 14.6. The molecule has 64 heavy (non-hydrogen) atoms. The topological polar surface area (TPSA) is 21.7 Å². The van der Waals surface area contributed by atoms with Gasteiger partial charge >= 0.3 is 7.12 Å². The summed E-state index contributed by atoms with van der Waals surface area (Å²) in [4.78, 5) is 2.40. The summed E-state index contributed by atoms with van der Waals surface area (Å²) in [5.41, 5.74) is 8.56. The van der Waals surface area contributed by atoms with Crippen molar-refractivity contribution in [1.29, 1.82) is 0 Å². The third-order valence-corrected chi connectivity index (χ3v) is 14.6. The van der Waals surface area contributed by atoms with E-state index < -0.39 is 18.3 Å². The van der Waals surface area contributed by atoms with Gasteiger partial charge in [-0.1, -0.05) is 152 Å². The van der Waals surface area contributed by atoms with Crippen LogP contribution in [0.1, 0.15) is 27.7 Å². The van der Waals surface area contributed by atoms with Crippen molar-refractivity contribution in [3.05, 3.63) is 194 Å². The van der Waals surface area contributed by atoms with Crippen molar-refractivity contribution in [2.24, 2.45) is 0 Å². The summed E-state index contributed by atoms with van der Waals surface area (Å²) in [5, 5.41) is 17.6. The molecule has 4 heteroatoms. The minimum atomic E-state index is -0.454. The quantitative estimate of drug-likeness (QED) is 0.156. The summed E-state index contributed by atoms with van der Waals surface area (Å²) in [7, 11) is -0.454. The van der Waals surface area contributed by atoms with Crippen molar-refractivity contribution in [3.63, 3.8) is 0 Å². The predicted octanol–water partition coefficient (Wildman–Crippen LogP) is 15.7. The van der Waals surface area contributed by atoms with E-state index in [0.29, 0.717) is 0 Å². The fraction of sp³-hybridized carbons (Fsp3) is 0.100. The minimum Gasteiger partial charge on any atom is -0.399 e. The predicted molar refractivity (Wildman–Crippen MR) is 273 cm³/mol. The molecule has 0 spiro atoms. The Balaban J connectivity index is 1.17. The van der Waals surface area contributed by atoms with Gasteiger partial charge in [0.15, 0.2) is 0 Å². The highest BCUT2D eigenvalue weighted by atomic mass is 16.7. The summed E-state index contributed by atoms with van der Waals surface area (Å²) in [6, 6.07) is 71.6. The van der Waals surface area contributed by atoms with E-state index in [1.165, 1.54) is 97.7 Å². The maximum absolute atomic E-state index is 6.67. The highest BCUT2D eigenvalue weighted by molar-refractivity contribution is 6.66. The molecule has 12 aromatic rings. The van der Waals surface area contributed by atoms with Crippen molar-refractivity contribution in [3.8, 4) is 22.3 Å². The highest BCUT2D eigenvalue weighted by Gasteiger charge is 2.52. The summed E-state index contributed by atoms with van der Waals surface area (Å²) in [5.74, 6) is 0. The Kier molecular flexibility index (Phi) is 7.95. The average Bonchev–Trinajstić information content (AvgIpc) is 3.90. The van der Waals surface area contributed by atoms with Gasteiger partial charge in [-0.2, -0.15) is 0 Å². The second kappa shape index (κ2) is 13.6. The smallest absolute Gasteiger partial charge is 0.399 e. The average molecular weight is 822 g/mol. The fourth-order valence-electron chi connectivity index (χ4n) is 11.0. The molecule has 3 nitrogen and oxygen atoms in total. The van der Waals surface area contributed by atoms with E-state index in [4.69, 9.17) is 9.31 Å². The van der Waals surface area contributed by atoms with Gasteiger partial charge in [0.05, 0.1) is 16.9 Å². The van der Waals surface area contributed by atoms with Gasteiger partial charge in [-0.3, -0.25) is 0 Å². The number of para-hydroxylation sites is 2. The van der Waals surface area contributed by atoms with Gasteiger partial charge < -0.3 is 14.2 Å². The molecule has 13 rings (SSSR count). The number of fused-ring (bicyclic) bond motifs is 7. The summed E-state index contributed by atoms with van der Waals surface area (Å²) >= 11 is 0. The molecular weight excluding hydrogens is 777 g/mol. The molecule has 1 heterocycles. The molecule has 0 aromatic heterocycles. The Morgan fingerprint density at radius 2 is 0.766 bits per heavy atom. The number of hydrogen-bond acceptors (Lipinski definition) is 3. The molecule has 304 valence electrons. The Morgan fingerprint density at radius 1 is 0.344 bits per heavy atom. The molecule has 1 saturated heterocycles. The zero-order valence-corrected chi connectivity index (χ0v) is 36.3. The first kappa shape index (κ1) is 37.3. The van der Waals surface area contributed by atoms with E-state index in [9.17, 15) is 0 Å². The fourth-order valence-corrected chi connectivity index (χ4v) is 11.0. The van der Waals surface area contributed by atoms with Crippen LogP contribution in [0, 0.1) is 0 Å². The zero-order chi connectivity index (χ0) is 42.9. The SMILES string of the molecule is CC1(C)OB(c2ccc3c4cc5c(-c6ccccc6)c6c7ccc(N(c8ccccc8)c8ccccc8)c8cccc(c6c(-c6ccccc6)c5cc4c4cccc2c43)c87)OC1(C)C. The number of anilines is 3. The molecule has 0 amide bonds. The lowest BCUT2D eigenvalue weighted by molar-refractivity contribution is 0.00578. The van der Waals surface area contributed by atoms with E-state index in [1.807, 2.05) is 0 Å². The van der Waals surface area contributed by atoms with Crippen LogP contribution in [0.5, 0.6) is 0 Å². The van der Waals surface area contributed by atoms with Crippen molar-refractivity contribution in [2.75, 3.05) is 4.90 Å². The van der Waals surface area contributed by atoms with Crippen LogP contribution in [-0.4, -0.2) is 18.3 Å². The zero-order valence-electron chi connectivity index (χ0n) is 36.3. The van der Waals surface area contributed by atoms with Crippen LogP contribution in [0.3, 0.4) is 0 Å². The van der Waals surface area contributed by atoms with Gasteiger partial charge in [0.2, 0.25) is 0 Å². The molecule has 0 aliphatic carbocycles. The van der Waals surface area contributed by atoms with E-state index in [1.54, 1.807) is 0 Å². The lowest BCUT2D eigenvalue weighted by Crippen LogP contribution is -2.41. The van der Waals surface area contributed by atoms with Crippen LogP contribution in [0.15, 0.2) is 194 Å². The molecule has 12 aromatic carbocycles. The van der Waals surface area contributed by atoms with Crippen molar-refractivity contribution < 1.29 is 9.31 Å². The van der Waals surface area contributed by atoms with Crippen molar-refractivity contribution in [2.45, 2.75) is 38.9 Å². The molecule has 0 atom stereocenters. The van der Waals surface area contributed by atoms with Gasteiger partial charge in [0.25, 0.3) is 0 Å². The monoisotopic (exact) mass is 821 g/mol. The second-order valence-corrected chi connectivity index (χ2v) is 18.6. The molecule has 0 unspecified atom stereocenters. The number of nitrogens with zero attached hydrogens (tertiary/aromatic N) is 1. The molecule has 0 radical (unpaired) electrons. The van der Waals surface area contributed by atoms with Gasteiger partial charge in [-0.15, -0.1) is 0 Å². The van der Waals surface area contributed by atoms with Gasteiger partial charge in [-0.25, -0.2) is 0 Å². The normalized spacial score (nSPS) is 15.0. The summed E-state index contributed by atoms with van der Waals surface area (Å²) in [6.07, 6.45) is 0. The molecular formula is C60H44BNO2. The minimum absolute atomic E-state index is 0.434. The molecule has 0 N–H and O–H groups in total.